The minimum absolute atomic E-state index is 0.0690. The number of hydrogen-bond donors (Lipinski definition) is 1. The standard InChI is InChI=1S/C39H61FO4/c1-3-5-7-9-11-13-14-15-16-18-20-22-30-43-35-25-27-36(28-26-35)44-39(42)37-29-24-33(32-38(37)41)31-34(40)23-21-19-17-12-10-8-6-4-2/h24-29,32,34,41H,3-23,30-31H2,1-2H3. The predicted molar refractivity (Wildman–Crippen MR) is 182 cm³/mol. The Labute approximate surface area is 268 Å². The maximum atomic E-state index is 14.5. The molecule has 5 heteroatoms. The van der Waals surface area contributed by atoms with E-state index < -0.39 is 12.1 Å². The van der Waals surface area contributed by atoms with Crippen molar-refractivity contribution in [3.63, 3.8) is 0 Å². The molecule has 0 radical (unpaired) electrons. The number of ether oxygens (including phenoxy) is 2. The van der Waals surface area contributed by atoms with Crippen LogP contribution in [0.2, 0.25) is 0 Å². The van der Waals surface area contributed by atoms with Gasteiger partial charge in [-0.2, -0.15) is 0 Å². The first kappa shape index (κ1) is 37.6. The van der Waals surface area contributed by atoms with E-state index in [4.69, 9.17) is 9.47 Å². The molecule has 2 rings (SSSR count). The molecule has 248 valence electrons. The molecule has 1 N–H and O–H groups in total. The predicted octanol–water partition coefficient (Wildman–Crippen LogP) is 12.1. The molecule has 0 heterocycles. The molecule has 0 saturated carbocycles. The van der Waals surface area contributed by atoms with Crippen LogP contribution in [0.1, 0.15) is 165 Å². The fourth-order valence-electron chi connectivity index (χ4n) is 5.63. The van der Waals surface area contributed by atoms with Crippen molar-refractivity contribution >= 4 is 5.97 Å². The van der Waals surface area contributed by atoms with Crippen LogP contribution >= 0.6 is 0 Å². The van der Waals surface area contributed by atoms with Gasteiger partial charge >= 0.3 is 5.97 Å². The van der Waals surface area contributed by atoms with E-state index in [1.54, 1.807) is 30.3 Å². The average Bonchev–Trinajstić information content (AvgIpc) is 3.01. The molecular formula is C39H61FO4. The third-order valence-corrected chi connectivity index (χ3v) is 8.41. The quantitative estimate of drug-likeness (QED) is 0.0619. The molecule has 2 aromatic carbocycles. The fourth-order valence-corrected chi connectivity index (χ4v) is 5.63. The van der Waals surface area contributed by atoms with Gasteiger partial charge in [-0.05, 0) is 54.8 Å². The Morgan fingerprint density at radius 1 is 0.659 bits per heavy atom. The van der Waals surface area contributed by atoms with Gasteiger partial charge in [-0.3, -0.25) is 0 Å². The zero-order valence-corrected chi connectivity index (χ0v) is 27.9. The molecule has 0 aromatic heterocycles. The molecule has 0 aliphatic heterocycles. The second kappa shape index (κ2) is 24.7. The summed E-state index contributed by atoms with van der Waals surface area (Å²) in [4.78, 5) is 12.7. The Morgan fingerprint density at radius 3 is 1.66 bits per heavy atom. The average molecular weight is 613 g/mol. The lowest BCUT2D eigenvalue weighted by Crippen LogP contribution is -2.10. The summed E-state index contributed by atoms with van der Waals surface area (Å²) in [6.45, 7) is 5.16. The van der Waals surface area contributed by atoms with E-state index in [0.717, 1.165) is 25.0 Å². The van der Waals surface area contributed by atoms with Gasteiger partial charge in [0.15, 0.2) is 0 Å². The summed E-state index contributed by atoms with van der Waals surface area (Å²) >= 11 is 0. The normalized spacial score (nSPS) is 11.9. The Kier molecular flexibility index (Phi) is 21.1. The molecular weight excluding hydrogens is 551 g/mol. The number of rotatable bonds is 27. The molecule has 44 heavy (non-hydrogen) atoms. The monoisotopic (exact) mass is 612 g/mol. The highest BCUT2D eigenvalue weighted by Gasteiger charge is 2.16. The molecule has 4 nitrogen and oxygen atoms in total. The van der Waals surface area contributed by atoms with Crippen molar-refractivity contribution in [1.29, 1.82) is 0 Å². The van der Waals surface area contributed by atoms with E-state index in [9.17, 15) is 14.3 Å². The first-order valence-electron chi connectivity index (χ1n) is 17.9. The minimum Gasteiger partial charge on any atom is -0.507 e. The van der Waals surface area contributed by atoms with Crippen LogP contribution in [0.15, 0.2) is 42.5 Å². The third-order valence-electron chi connectivity index (χ3n) is 8.41. The molecule has 0 saturated heterocycles. The maximum Gasteiger partial charge on any atom is 0.347 e. The SMILES string of the molecule is CCCCCCCCCCCCCCOc1ccc(OC(=O)c2ccc(CC(F)CCCCCCCCCC)cc2O)cc1. The van der Waals surface area contributed by atoms with Gasteiger partial charge in [-0.15, -0.1) is 0 Å². The number of hydrogen-bond acceptors (Lipinski definition) is 4. The van der Waals surface area contributed by atoms with Gasteiger partial charge in [-0.25, -0.2) is 9.18 Å². The van der Waals surface area contributed by atoms with Gasteiger partial charge in [0.05, 0.1) is 6.61 Å². The van der Waals surface area contributed by atoms with Crippen molar-refractivity contribution in [2.45, 2.75) is 161 Å². The molecule has 1 atom stereocenters. The van der Waals surface area contributed by atoms with Crippen molar-refractivity contribution in [3.8, 4) is 17.2 Å². The summed E-state index contributed by atoms with van der Waals surface area (Å²) < 4.78 is 25.8. The number of unbranched alkanes of at least 4 members (excludes halogenated alkanes) is 18. The number of phenols is 1. The van der Waals surface area contributed by atoms with Gasteiger partial charge in [0, 0.05) is 6.42 Å². The summed E-state index contributed by atoms with van der Waals surface area (Å²) in [7, 11) is 0. The van der Waals surface area contributed by atoms with E-state index in [1.165, 1.54) is 121 Å². The molecule has 2 aromatic rings. The first-order chi connectivity index (χ1) is 21.5. The van der Waals surface area contributed by atoms with Gasteiger partial charge in [0.2, 0.25) is 0 Å². The van der Waals surface area contributed by atoms with Crippen LogP contribution in [0.5, 0.6) is 17.2 Å². The van der Waals surface area contributed by atoms with Gasteiger partial charge < -0.3 is 14.6 Å². The van der Waals surface area contributed by atoms with Crippen molar-refractivity contribution in [1.82, 2.24) is 0 Å². The maximum absolute atomic E-state index is 14.5. The number of phenolic OH excluding ortho intramolecular Hbond substituents is 1. The number of carbonyl (C=O) groups is 1. The minimum atomic E-state index is -0.951. The topological polar surface area (TPSA) is 55.8 Å². The van der Waals surface area contributed by atoms with Gasteiger partial charge in [0.1, 0.15) is 29.0 Å². The van der Waals surface area contributed by atoms with Crippen molar-refractivity contribution < 1.29 is 23.8 Å². The molecule has 0 bridgehead atoms. The summed E-state index contributed by atoms with van der Waals surface area (Å²) in [5.74, 6) is 0.294. The second-order valence-corrected chi connectivity index (χ2v) is 12.5. The Morgan fingerprint density at radius 2 is 1.14 bits per heavy atom. The highest BCUT2D eigenvalue weighted by molar-refractivity contribution is 5.94. The number of aromatic hydroxyl groups is 1. The highest BCUT2D eigenvalue weighted by atomic mass is 19.1. The van der Waals surface area contributed by atoms with E-state index in [2.05, 4.69) is 13.8 Å². The van der Waals surface area contributed by atoms with Gasteiger partial charge in [-0.1, -0.05) is 142 Å². The van der Waals surface area contributed by atoms with Crippen molar-refractivity contribution in [2.24, 2.45) is 0 Å². The van der Waals surface area contributed by atoms with E-state index in [0.29, 0.717) is 24.3 Å². The molecule has 0 aliphatic rings. The Bertz CT molecular complexity index is 990. The summed E-state index contributed by atoms with van der Waals surface area (Å²) in [5, 5.41) is 10.4. The van der Waals surface area contributed by atoms with E-state index in [-0.39, 0.29) is 17.7 Å². The van der Waals surface area contributed by atoms with Crippen LogP contribution in [0.4, 0.5) is 4.39 Å². The molecule has 0 aliphatic carbocycles. The lowest BCUT2D eigenvalue weighted by Gasteiger charge is -2.11. The van der Waals surface area contributed by atoms with E-state index in [1.807, 2.05) is 0 Å². The highest BCUT2D eigenvalue weighted by Crippen LogP contribution is 2.25. The zero-order valence-electron chi connectivity index (χ0n) is 27.9. The summed E-state index contributed by atoms with van der Waals surface area (Å²) in [6.07, 6.45) is 25.1. The van der Waals surface area contributed by atoms with Crippen LogP contribution in [0.25, 0.3) is 0 Å². The summed E-state index contributed by atoms with van der Waals surface area (Å²) in [5.41, 5.74) is 0.750. The number of benzene rings is 2. The van der Waals surface area contributed by atoms with Crippen LogP contribution < -0.4 is 9.47 Å². The lowest BCUT2D eigenvalue weighted by molar-refractivity contribution is 0.0731. The molecule has 1 unspecified atom stereocenters. The first-order valence-corrected chi connectivity index (χ1v) is 17.9. The number of carbonyl (C=O) groups excluding carboxylic acids is 1. The third kappa shape index (κ3) is 17.7. The van der Waals surface area contributed by atoms with Crippen LogP contribution in [0, 0.1) is 0 Å². The lowest BCUT2D eigenvalue weighted by atomic mass is 10.0. The van der Waals surface area contributed by atoms with E-state index >= 15 is 0 Å². The number of alkyl halides is 1. The van der Waals surface area contributed by atoms with Crippen LogP contribution in [-0.2, 0) is 6.42 Å². The Balaban J connectivity index is 1.59. The summed E-state index contributed by atoms with van der Waals surface area (Å²) in [6, 6.07) is 11.7. The Hall–Kier alpha value is -2.56. The second-order valence-electron chi connectivity index (χ2n) is 12.5. The van der Waals surface area contributed by atoms with Crippen molar-refractivity contribution in [2.75, 3.05) is 6.61 Å². The fraction of sp³-hybridized carbons (Fsp3) is 0.667. The van der Waals surface area contributed by atoms with Gasteiger partial charge in [0.25, 0.3) is 0 Å². The van der Waals surface area contributed by atoms with Crippen LogP contribution in [0.3, 0.4) is 0 Å². The number of esters is 1. The molecule has 0 fully saturated rings. The van der Waals surface area contributed by atoms with Crippen LogP contribution in [-0.4, -0.2) is 23.9 Å². The largest absolute Gasteiger partial charge is 0.507 e. The molecule has 0 amide bonds. The number of halogens is 1. The molecule has 0 spiro atoms. The van der Waals surface area contributed by atoms with Crippen molar-refractivity contribution in [3.05, 3.63) is 53.6 Å². The smallest absolute Gasteiger partial charge is 0.347 e. The zero-order chi connectivity index (χ0) is 31.7.